The largest absolute Gasteiger partial charge is 0.480 e. The zero-order chi connectivity index (χ0) is 23.5. The van der Waals surface area contributed by atoms with Crippen molar-refractivity contribution in [2.24, 2.45) is 0 Å². The van der Waals surface area contributed by atoms with Gasteiger partial charge in [0, 0.05) is 36.6 Å². The van der Waals surface area contributed by atoms with Gasteiger partial charge in [-0.2, -0.15) is 0 Å². The fourth-order valence-corrected chi connectivity index (χ4v) is 3.85. The highest BCUT2D eigenvalue weighted by atomic mass is 19.1. The molecule has 0 radical (unpaired) electrons. The van der Waals surface area contributed by atoms with Gasteiger partial charge in [-0.05, 0) is 47.5 Å². The molecule has 1 unspecified atom stereocenters. The molecule has 2 amide bonds. The van der Waals surface area contributed by atoms with Gasteiger partial charge in [0.1, 0.15) is 11.6 Å². The summed E-state index contributed by atoms with van der Waals surface area (Å²) < 4.78 is 21.7. The van der Waals surface area contributed by atoms with Crippen molar-refractivity contribution in [1.82, 2.24) is 14.9 Å². The summed E-state index contributed by atoms with van der Waals surface area (Å²) in [5, 5.41) is 5.60. The lowest BCUT2D eigenvalue weighted by Crippen LogP contribution is -2.31. The van der Waals surface area contributed by atoms with E-state index in [1.165, 1.54) is 12.4 Å². The number of amides is 2. The number of anilines is 1. The van der Waals surface area contributed by atoms with Crippen LogP contribution in [-0.4, -0.2) is 27.5 Å². The fourth-order valence-electron chi connectivity index (χ4n) is 3.85. The Labute approximate surface area is 195 Å². The van der Waals surface area contributed by atoms with Gasteiger partial charge in [0.2, 0.25) is 0 Å². The number of nitrogens with zero attached hydrogens (tertiary/aromatic N) is 2. The van der Waals surface area contributed by atoms with E-state index in [1.807, 2.05) is 24.3 Å². The first-order valence-electron chi connectivity index (χ1n) is 10.8. The molecule has 2 N–H and O–H groups in total. The van der Waals surface area contributed by atoms with Crippen LogP contribution in [0.2, 0.25) is 0 Å². The molecule has 170 valence electrons. The molecule has 0 spiro atoms. The van der Waals surface area contributed by atoms with E-state index >= 15 is 0 Å². The van der Waals surface area contributed by atoms with Crippen LogP contribution >= 0.6 is 0 Å². The van der Waals surface area contributed by atoms with Crippen LogP contribution in [0.15, 0.2) is 85.5 Å². The first-order valence-corrected chi connectivity index (χ1v) is 10.8. The van der Waals surface area contributed by atoms with Crippen molar-refractivity contribution in [3.63, 3.8) is 0 Å². The van der Waals surface area contributed by atoms with E-state index in [9.17, 15) is 14.0 Å². The average molecular weight is 456 g/mol. The quantitative estimate of drug-likeness (QED) is 0.461. The third kappa shape index (κ3) is 4.52. The standard InChI is InChI=1S/C26H21FN4O3/c27-21-12-17(8-9-22(21)31-11-10-28-16-31)15-29-25(32)19-5-3-6-20(13-19)30-26(33)24-14-18-4-1-2-7-23(18)34-24/h1-13,16,24H,14-15H2,(H,29,32)(H,30,33). The first-order chi connectivity index (χ1) is 16.6. The summed E-state index contributed by atoms with van der Waals surface area (Å²) in [6.07, 6.45) is 4.63. The summed E-state index contributed by atoms with van der Waals surface area (Å²) in [6.45, 7) is 0.157. The van der Waals surface area contributed by atoms with Crippen molar-refractivity contribution in [2.45, 2.75) is 19.1 Å². The lowest BCUT2D eigenvalue weighted by Gasteiger charge is -2.12. The molecule has 5 rings (SSSR count). The van der Waals surface area contributed by atoms with Crippen LogP contribution in [0.25, 0.3) is 5.69 Å². The summed E-state index contributed by atoms with van der Waals surface area (Å²) >= 11 is 0. The number of fused-ring (bicyclic) bond motifs is 1. The number of imidazole rings is 1. The molecule has 0 aliphatic carbocycles. The summed E-state index contributed by atoms with van der Waals surface area (Å²) in [4.78, 5) is 29.2. The maximum Gasteiger partial charge on any atom is 0.265 e. The maximum atomic E-state index is 14.4. The Balaban J connectivity index is 1.19. The minimum absolute atomic E-state index is 0.157. The Morgan fingerprint density at radius 3 is 2.76 bits per heavy atom. The van der Waals surface area contributed by atoms with Gasteiger partial charge in [0.25, 0.3) is 11.8 Å². The molecule has 0 saturated heterocycles. The third-order valence-corrected chi connectivity index (χ3v) is 5.58. The SMILES string of the molecule is O=C(NCc1ccc(-n2ccnc2)c(F)c1)c1cccc(NC(=O)C2Cc3ccccc3O2)c1. The minimum atomic E-state index is -0.616. The van der Waals surface area contributed by atoms with Gasteiger partial charge in [0.15, 0.2) is 6.10 Å². The van der Waals surface area contributed by atoms with Crippen molar-refractivity contribution in [2.75, 3.05) is 5.32 Å². The number of para-hydroxylation sites is 1. The Kier molecular flexibility index (Phi) is 5.78. The van der Waals surface area contributed by atoms with Gasteiger partial charge < -0.3 is 19.9 Å². The molecule has 1 atom stereocenters. The molecule has 0 fully saturated rings. The van der Waals surface area contributed by atoms with Crippen LogP contribution in [0.5, 0.6) is 5.75 Å². The molecule has 34 heavy (non-hydrogen) atoms. The molecule has 3 aromatic carbocycles. The molecule has 1 aliphatic heterocycles. The summed E-state index contributed by atoms with van der Waals surface area (Å²) in [5.41, 5.74) is 2.87. The number of aromatic nitrogens is 2. The van der Waals surface area contributed by atoms with Gasteiger partial charge in [-0.25, -0.2) is 9.37 Å². The molecular formula is C26H21FN4O3. The molecule has 1 aliphatic rings. The number of carbonyl (C=O) groups excluding carboxylic acids is 2. The molecule has 1 aromatic heterocycles. The van der Waals surface area contributed by atoms with Crippen LogP contribution in [0.1, 0.15) is 21.5 Å². The van der Waals surface area contributed by atoms with Crippen molar-refractivity contribution < 1.29 is 18.7 Å². The first kappa shape index (κ1) is 21.4. The van der Waals surface area contributed by atoms with E-state index in [-0.39, 0.29) is 18.4 Å². The lowest BCUT2D eigenvalue weighted by molar-refractivity contribution is -0.122. The van der Waals surface area contributed by atoms with Gasteiger partial charge in [0.05, 0.1) is 12.0 Å². The van der Waals surface area contributed by atoms with Crippen LogP contribution in [-0.2, 0) is 17.8 Å². The summed E-state index contributed by atoms with van der Waals surface area (Å²) in [7, 11) is 0. The Hall–Kier alpha value is -4.46. The number of carbonyl (C=O) groups is 2. The lowest BCUT2D eigenvalue weighted by atomic mass is 10.1. The van der Waals surface area contributed by atoms with E-state index < -0.39 is 11.9 Å². The summed E-state index contributed by atoms with van der Waals surface area (Å²) in [5.74, 6) is -0.307. The Bertz CT molecular complexity index is 1330. The number of nitrogens with one attached hydrogen (secondary N) is 2. The number of halogens is 1. The van der Waals surface area contributed by atoms with Crippen LogP contribution in [0, 0.1) is 5.82 Å². The Morgan fingerprint density at radius 2 is 1.97 bits per heavy atom. The van der Waals surface area contributed by atoms with E-state index in [1.54, 1.807) is 53.4 Å². The molecule has 0 saturated carbocycles. The van der Waals surface area contributed by atoms with Crippen LogP contribution in [0.4, 0.5) is 10.1 Å². The van der Waals surface area contributed by atoms with E-state index in [0.717, 1.165) is 5.56 Å². The van der Waals surface area contributed by atoms with Crippen molar-refractivity contribution in [3.8, 4) is 11.4 Å². The number of hydrogen-bond acceptors (Lipinski definition) is 4. The smallest absolute Gasteiger partial charge is 0.265 e. The zero-order valence-electron chi connectivity index (χ0n) is 18.1. The Morgan fingerprint density at radius 1 is 1.09 bits per heavy atom. The predicted molar refractivity (Wildman–Crippen MR) is 124 cm³/mol. The van der Waals surface area contributed by atoms with Crippen molar-refractivity contribution >= 4 is 17.5 Å². The van der Waals surface area contributed by atoms with E-state index in [4.69, 9.17) is 4.74 Å². The van der Waals surface area contributed by atoms with Gasteiger partial charge in [-0.15, -0.1) is 0 Å². The monoisotopic (exact) mass is 456 g/mol. The normalized spacial score (nSPS) is 14.2. The van der Waals surface area contributed by atoms with E-state index in [0.29, 0.717) is 34.7 Å². The van der Waals surface area contributed by atoms with Gasteiger partial charge in [-0.3, -0.25) is 9.59 Å². The van der Waals surface area contributed by atoms with Gasteiger partial charge >= 0.3 is 0 Å². The third-order valence-electron chi connectivity index (χ3n) is 5.58. The summed E-state index contributed by atoms with van der Waals surface area (Å²) in [6, 6.07) is 19.0. The second kappa shape index (κ2) is 9.19. The van der Waals surface area contributed by atoms with E-state index in [2.05, 4.69) is 15.6 Å². The van der Waals surface area contributed by atoms with Gasteiger partial charge in [-0.1, -0.05) is 30.3 Å². The predicted octanol–water partition coefficient (Wildman–Crippen LogP) is 3.88. The number of hydrogen-bond donors (Lipinski definition) is 2. The highest BCUT2D eigenvalue weighted by Gasteiger charge is 2.28. The minimum Gasteiger partial charge on any atom is -0.480 e. The van der Waals surface area contributed by atoms with Crippen LogP contribution < -0.4 is 15.4 Å². The van der Waals surface area contributed by atoms with Crippen molar-refractivity contribution in [3.05, 3.63) is 108 Å². The molecule has 2 heterocycles. The molecular weight excluding hydrogens is 435 g/mol. The average Bonchev–Trinajstić information content (AvgIpc) is 3.53. The number of ether oxygens (including phenoxy) is 1. The highest BCUT2D eigenvalue weighted by Crippen LogP contribution is 2.28. The maximum absolute atomic E-state index is 14.4. The molecule has 0 bridgehead atoms. The highest BCUT2D eigenvalue weighted by molar-refractivity contribution is 5.98. The zero-order valence-corrected chi connectivity index (χ0v) is 18.1. The second-order valence-electron chi connectivity index (χ2n) is 7.93. The topological polar surface area (TPSA) is 85.3 Å². The van der Waals surface area contributed by atoms with Crippen molar-refractivity contribution in [1.29, 1.82) is 0 Å². The second-order valence-corrected chi connectivity index (χ2v) is 7.93. The van der Waals surface area contributed by atoms with Crippen LogP contribution in [0.3, 0.4) is 0 Å². The fraction of sp³-hybridized carbons (Fsp3) is 0.115. The molecule has 8 heteroatoms. The number of benzene rings is 3. The molecule has 4 aromatic rings. The molecule has 7 nitrogen and oxygen atoms in total. The number of rotatable bonds is 6.